The summed E-state index contributed by atoms with van der Waals surface area (Å²) < 4.78 is 41.3. The van der Waals surface area contributed by atoms with Crippen LogP contribution in [0.15, 0.2) is 21.5 Å². The minimum absolute atomic E-state index is 0.195. The first-order valence-corrected chi connectivity index (χ1v) is 9.57. The van der Waals surface area contributed by atoms with Gasteiger partial charge in [0.2, 0.25) is 10.0 Å². The maximum absolute atomic E-state index is 14.1. The zero-order valence-corrected chi connectivity index (χ0v) is 14.0. The van der Waals surface area contributed by atoms with Crippen molar-refractivity contribution in [2.24, 2.45) is 0 Å². The number of rotatable bonds is 4. The Bertz CT molecular complexity index is 659. The van der Waals surface area contributed by atoms with E-state index in [0.29, 0.717) is 12.8 Å². The van der Waals surface area contributed by atoms with Gasteiger partial charge in [-0.15, -0.1) is 0 Å². The summed E-state index contributed by atoms with van der Waals surface area (Å²) in [4.78, 5) is 10.3. The number of nitrogens with one attached hydrogen (secondary N) is 1. The summed E-state index contributed by atoms with van der Waals surface area (Å²) in [5, 5.41) is 8.92. The first kappa shape index (κ1) is 16.7. The van der Waals surface area contributed by atoms with Crippen LogP contribution in [0.2, 0.25) is 0 Å². The third-order valence-electron chi connectivity index (χ3n) is 3.07. The smallest absolute Gasteiger partial charge is 0.338 e. The zero-order chi connectivity index (χ0) is 15.6. The monoisotopic (exact) mass is 397 g/mol. The van der Waals surface area contributed by atoms with E-state index in [1.54, 1.807) is 11.8 Å². The molecule has 0 bridgehead atoms. The highest BCUT2D eigenvalue weighted by molar-refractivity contribution is 9.10. The van der Waals surface area contributed by atoms with Gasteiger partial charge in [0, 0.05) is 10.5 Å². The Hall–Kier alpha value is -0.640. The standard InChI is InChI=1S/C12H13BrFNO4S2/c13-7-5-9(12(16)17)11(14)10(6-7)21(18,19)15-8-1-3-20-4-2-8/h5-6,8,15H,1-4H2,(H,16,17). The Kier molecular flexibility index (Phi) is 5.29. The van der Waals surface area contributed by atoms with E-state index < -0.39 is 32.3 Å². The molecule has 1 aliphatic heterocycles. The van der Waals surface area contributed by atoms with E-state index in [4.69, 9.17) is 5.11 Å². The van der Waals surface area contributed by atoms with Crippen molar-refractivity contribution in [1.82, 2.24) is 4.72 Å². The molecule has 0 radical (unpaired) electrons. The van der Waals surface area contributed by atoms with Crippen molar-refractivity contribution in [3.63, 3.8) is 0 Å². The van der Waals surface area contributed by atoms with Crippen LogP contribution >= 0.6 is 27.7 Å². The van der Waals surface area contributed by atoms with Crippen LogP contribution in [0.25, 0.3) is 0 Å². The Morgan fingerprint density at radius 2 is 2.00 bits per heavy atom. The Labute approximate surface area is 134 Å². The molecule has 1 aliphatic rings. The highest BCUT2D eigenvalue weighted by Gasteiger charge is 2.28. The maximum Gasteiger partial charge on any atom is 0.338 e. The summed E-state index contributed by atoms with van der Waals surface area (Å²) in [6, 6.07) is 1.86. The van der Waals surface area contributed by atoms with Crippen LogP contribution in [-0.4, -0.2) is 37.0 Å². The van der Waals surface area contributed by atoms with E-state index in [9.17, 15) is 17.6 Å². The SMILES string of the molecule is O=C(O)c1cc(Br)cc(S(=O)(=O)NC2CCSCC2)c1F. The molecular weight excluding hydrogens is 385 g/mol. The molecule has 116 valence electrons. The topological polar surface area (TPSA) is 83.5 Å². The van der Waals surface area contributed by atoms with Gasteiger partial charge in [0.05, 0.1) is 5.56 Å². The number of hydrogen-bond donors (Lipinski definition) is 2. The van der Waals surface area contributed by atoms with Crippen LogP contribution in [0.3, 0.4) is 0 Å². The van der Waals surface area contributed by atoms with Crippen molar-refractivity contribution in [3.8, 4) is 0 Å². The molecular formula is C12H13BrFNO4S2. The van der Waals surface area contributed by atoms with Crippen molar-refractivity contribution < 1.29 is 22.7 Å². The minimum Gasteiger partial charge on any atom is -0.478 e. The summed E-state index contributed by atoms with van der Waals surface area (Å²) in [5.74, 6) is -1.08. The normalized spacial score (nSPS) is 16.9. The molecule has 1 heterocycles. The van der Waals surface area contributed by atoms with Gasteiger partial charge in [0.1, 0.15) is 4.90 Å². The number of halogens is 2. The lowest BCUT2D eigenvalue weighted by Crippen LogP contribution is -2.37. The summed E-state index contributed by atoms with van der Waals surface area (Å²) in [6.45, 7) is 0. The van der Waals surface area contributed by atoms with Crippen LogP contribution in [-0.2, 0) is 10.0 Å². The second kappa shape index (κ2) is 6.64. The third kappa shape index (κ3) is 3.97. The number of aromatic carboxylic acids is 1. The van der Waals surface area contributed by atoms with Crippen molar-refractivity contribution in [1.29, 1.82) is 0 Å². The number of sulfonamides is 1. The Morgan fingerprint density at radius 3 is 2.57 bits per heavy atom. The van der Waals surface area contributed by atoms with Crippen LogP contribution in [0, 0.1) is 5.82 Å². The van der Waals surface area contributed by atoms with E-state index >= 15 is 0 Å². The van der Waals surface area contributed by atoms with Gasteiger partial charge in [-0.1, -0.05) is 15.9 Å². The molecule has 0 aliphatic carbocycles. The average Bonchev–Trinajstić information content (AvgIpc) is 2.41. The van der Waals surface area contributed by atoms with E-state index in [0.717, 1.165) is 23.6 Å². The molecule has 1 aromatic carbocycles. The lowest BCUT2D eigenvalue weighted by molar-refractivity contribution is 0.0691. The van der Waals surface area contributed by atoms with Gasteiger partial charge in [0.25, 0.3) is 0 Å². The van der Waals surface area contributed by atoms with Crippen molar-refractivity contribution in [3.05, 3.63) is 28.0 Å². The first-order chi connectivity index (χ1) is 9.81. The Morgan fingerprint density at radius 1 is 1.38 bits per heavy atom. The molecule has 2 N–H and O–H groups in total. The number of benzene rings is 1. The predicted octanol–water partition coefficient (Wildman–Crippen LogP) is 2.46. The molecule has 9 heteroatoms. The van der Waals surface area contributed by atoms with Gasteiger partial charge in [-0.2, -0.15) is 11.8 Å². The molecule has 0 spiro atoms. The molecule has 2 rings (SSSR count). The second-order valence-corrected chi connectivity index (χ2v) is 8.40. The molecule has 1 saturated heterocycles. The first-order valence-electron chi connectivity index (χ1n) is 6.13. The minimum atomic E-state index is -4.10. The van der Waals surface area contributed by atoms with Crippen molar-refractivity contribution >= 4 is 43.7 Å². The fourth-order valence-corrected chi connectivity index (χ4v) is 5.16. The van der Waals surface area contributed by atoms with Gasteiger partial charge >= 0.3 is 5.97 Å². The molecule has 0 atom stereocenters. The quantitative estimate of drug-likeness (QED) is 0.814. The Balaban J connectivity index is 2.37. The molecule has 5 nitrogen and oxygen atoms in total. The second-order valence-electron chi connectivity index (χ2n) is 4.58. The number of hydrogen-bond acceptors (Lipinski definition) is 4. The highest BCUT2D eigenvalue weighted by atomic mass is 79.9. The van der Waals surface area contributed by atoms with E-state index in [1.807, 2.05) is 0 Å². The number of carboxylic acids is 1. The fraction of sp³-hybridized carbons (Fsp3) is 0.417. The van der Waals surface area contributed by atoms with Crippen LogP contribution in [0.1, 0.15) is 23.2 Å². The van der Waals surface area contributed by atoms with Gasteiger partial charge in [-0.25, -0.2) is 22.3 Å². The molecule has 0 saturated carbocycles. The molecule has 1 aromatic rings. The predicted molar refractivity (Wildman–Crippen MR) is 81.7 cm³/mol. The zero-order valence-electron chi connectivity index (χ0n) is 10.8. The maximum atomic E-state index is 14.1. The van der Waals surface area contributed by atoms with Crippen LogP contribution in [0.4, 0.5) is 4.39 Å². The van der Waals surface area contributed by atoms with Crippen LogP contribution in [0.5, 0.6) is 0 Å². The summed E-state index contributed by atoms with van der Waals surface area (Å²) >= 11 is 4.75. The average molecular weight is 398 g/mol. The van der Waals surface area contributed by atoms with Crippen molar-refractivity contribution in [2.45, 2.75) is 23.8 Å². The van der Waals surface area contributed by atoms with Crippen molar-refractivity contribution in [2.75, 3.05) is 11.5 Å². The fourth-order valence-electron chi connectivity index (χ4n) is 2.01. The molecule has 0 unspecified atom stereocenters. The lowest BCUT2D eigenvalue weighted by atomic mass is 10.2. The van der Waals surface area contributed by atoms with Gasteiger partial charge < -0.3 is 5.11 Å². The molecule has 1 fully saturated rings. The summed E-state index contributed by atoms with van der Waals surface area (Å²) in [5.41, 5.74) is -0.677. The van der Waals surface area contributed by atoms with Gasteiger partial charge in [0.15, 0.2) is 5.82 Å². The molecule has 0 aromatic heterocycles. The van der Waals surface area contributed by atoms with E-state index in [1.165, 1.54) is 0 Å². The number of thioether (sulfide) groups is 1. The molecule has 21 heavy (non-hydrogen) atoms. The van der Waals surface area contributed by atoms with Crippen LogP contribution < -0.4 is 4.72 Å². The van der Waals surface area contributed by atoms with E-state index in [-0.39, 0.29) is 10.5 Å². The highest BCUT2D eigenvalue weighted by Crippen LogP contribution is 2.25. The number of carboxylic acid groups (broad SMARTS) is 1. The summed E-state index contributed by atoms with van der Waals surface area (Å²) in [6.07, 6.45) is 1.34. The van der Waals surface area contributed by atoms with Gasteiger partial charge in [-0.3, -0.25) is 0 Å². The van der Waals surface area contributed by atoms with E-state index in [2.05, 4.69) is 20.7 Å². The lowest BCUT2D eigenvalue weighted by Gasteiger charge is -2.22. The largest absolute Gasteiger partial charge is 0.478 e. The van der Waals surface area contributed by atoms with Gasteiger partial charge in [-0.05, 0) is 36.5 Å². The third-order valence-corrected chi connectivity index (χ3v) is 6.09. The molecule has 0 amide bonds. The number of carbonyl (C=O) groups is 1. The summed E-state index contributed by atoms with van der Waals surface area (Å²) in [7, 11) is -4.10.